The molecule has 1 aliphatic heterocycles. The maximum absolute atomic E-state index is 13.0. The van der Waals surface area contributed by atoms with E-state index < -0.39 is 15.9 Å². The van der Waals surface area contributed by atoms with Crippen molar-refractivity contribution in [3.05, 3.63) is 52.5 Å². The van der Waals surface area contributed by atoms with Gasteiger partial charge in [0.15, 0.2) is 0 Å². The van der Waals surface area contributed by atoms with Crippen LogP contribution in [0.4, 0.5) is 5.69 Å². The summed E-state index contributed by atoms with van der Waals surface area (Å²) in [6.45, 7) is 4.30. The summed E-state index contributed by atoms with van der Waals surface area (Å²) in [5.41, 5.74) is 2.33. The molecule has 0 saturated carbocycles. The van der Waals surface area contributed by atoms with Crippen molar-refractivity contribution in [2.45, 2.75) is 31.6 Å². The number of hydrogen-bond donors (Lipinski definition) is 1. The number of piperidine rings is 1. The van der Waals surface area contributed by atoms with Crippen molar-refractivity contribution in [1.82, 2.24) is 4.31 Å². The Kier molecular flexibility index (Phi) is 6.51. The van der Waals surface area contributed by atoms with Gasteiger partial charge in [0.1, 0.15) is 5.75 Å². The Morgan fingerprint density at radius 2 is 1.90 bits per heavy atom. The number of aryl methyl sites for hydroxylation is 2. The average Bonchev–Trinajstić information content (AvgIpc) is 2.71. The Morgan fingerprint density at radius 1 is 1.21 bits per heavy atom. The van der Waals surface area contributed by atoms with E-state index in [1.807, 2.05) is 13.8 Å². The third-order valence-corrected chi connectivity index (χ3v) is 7.44. The Bertz CT molecular complexity index is 1010. The van der Waals surface area contributed by atoms with Crippen LogP contribution >= 0.6 is 11.6 Å². The first-order valence-corrected chi connectivity index (χ1v) is 11.3. The van der Waals surface area contributed by atoms with E-state index in [0.29, 0.717) is 35.8 Å². The van der Waals surface area contributed by atoms with Crippen LogP contribution in [-0.4, -0.2) is 38.8 Å². The molecular weight excluding hydrogens is 412 g/mol. The van der Waals surface area contributed by atoms with Crippen molar-refractivity contribution in [2.24, 2.45) is 5.92 Å². The van der Waals surface area contributed by atoms with Crippen molar-refractivity contribution < 1.29 is 17.9 Å². The number of nitrogens with zero attached hydrogens (tertiary/aromatic N) is 1. The number of anilines is 1. The standard InChI is InChI=1S/C21H25ClN2O4S/c1-14-6-8-17(9-7-14)29(26,27)24-10-4-5-16(13-24)21(25)23-19-11-15(2)18(22)12-20(19)28-3/h6-9,11-12,16H,4-5,10,13H2,1-3H3,(H,23,25)/t16-/m0/s1. The van der Waals surface area contributed by atoms with Crippen LogP contribution in [0.5, 0.6) is 5.75 Å². The largest absolute Gasteiger partial charge is 0.495 e. The van der Waals surface area contributed by atoms with Crippen LogP contribution < -0.4 is 10.1 Å². The van der Waals surface area contributed by atoms with Gasteiger partial charge in [-0.1, -0.05) is 29.3 Å². The number of methoxy groups -OCH3 is 1. The monoisotopic (exact) mass is 436 g/mol. The molecule has 2 aromatic carbocycles. The number of carbonyl (C=O) groups is 1. The fourth-order valence-corrected chi connectivity index (χ4v) is 5.08. The Balaban J connectivity index is 1.76. The fraction of sp³-hybridized carbons (Fsp3) is 0.381. The van der Waals surface area contributed by atoms with E-state index in [2.05, 4.69) is 5.32 Å². The highest BCUT2D eigenvalue weighted by Gasteiger charge is 2.33. The third-order valence-electron chi connectivity index (χ3n) is 5.15. The zero-order chi connectivity index (χ0) is 21.2. The van der Waals surface area contributed by atoms with E-state index in [1.54, 1.807) is 36.4 Å². The lowest BCUT2D eigenvalue weighted by atomic mass is 9.98. The van der Waals surface area contributed by atoms with Gasteiger partial charge in [-0.15, -0.1) is 0 Å². The molecule has 6 nitrogen and oxygen atoms in total. The predicted octanol–water partition coefficient (Wildman–Crippen LogP) is 4.00. The molecule has 1 heterocycles. The van der Waals surface area contributed by atoms with E-state index in [4.69, 9.17) is 16.3 Å². The van der Waals surface area contributed by atoms with Gasteiger partial charge in [0, 0.05) is 24.2 Å². The number of hydrogen-bond acceptors (Lipinski definition) is 4. The molecular formula is C21H25ClN2O4S. The number of carbonyl (C=O) groups excluding carboxylic acids is 1. The maximum Gasteiger partial charge on any atom is 0.243 e. The lowest BCUT2D eigenvalue weighted by molar-refractivity contribution is -0.120. The maximum atomic E-state index is 13.0. The van der Waals surface area contributed by atoms with Gasteiger partial charge in [-0.2, -0.15) is 4.31 Å². The Hall–Kier alpha value is -2.09. The average molecular weight is 437 g/mol. The Labute approximate surface area is 176 Å². The second-order valence-corrected chi connectivity index (χ2v) is 9.65. The molecule has 1 N–H and O–H groups in total. The molecule has 0 spiro atoms. The van der Waals surface area contributed by atoms with Gasteiger partial charge in [-0.05, 0) is 50.5 Å². The van der Waals surface area contributed by atoms with Crippen molar-refractivity contribution in [3.63, 3.8) is 0 Å². The molecule has 1 fully saturated rings. The molecule has 8 heteroatoms. The minimum atomic E-state index is -3.63. The van der Waals surface area contributed by atoms with Crippen molar-refractivity contribution in [1.29, 1.82) is 0 Å². The predicted molar refractivity (Wildman–Crippen MR) is 114 cm³/mol. The van der Waals surface area contributed by atoms with Crippen LogP contribution in [0.25, 0.3) is 0 Å². The van der Waals surface area contributed by atoms with Crippen molar-refractivity contribution >= 4 is 33.2 Å². The lowest BCUT2D eigenvalue weighted by Gasteiger charge is -2.31. The van der Waals surface area contributed by atoms with E-state index >= 15 is 0 Å². The topological polar surface area (TPSA) is 75.7 Å². The molecule has 29 heavy (non-hydrogen) atoms. The minimum Gasteiger partial charge on any atom is -0.495 e. The summed E-state index contributed by atoms with van der Waals surface area (Å²) in [5.74, 6) is -0.201. The van der Waals surface area contributed by atoms with Gasteiger partial charge in [0.05, 0.1) is 23.6 Å². The first-order chi connectivity index (χ1) is 13.7. The molecule has 1 saturated heterocycles. The number of nitrogens with one attached hydrogen (secondary N) is 1. The number of rotatable bonds is 5. The molecule has 0 unspecified atom stereocenters. The van der Waals surface area contributed by atoms with Crippen LogP contribution in [0.15, 0.2) is 41.3 Å². The molecule has 1 amide bonds. The van der Waals surface area contributed by atoms with E-state index in [1.165, 1.54) is 11.4 Å². The molecule has 2 aromatic rings. The van der Waals surface area contributed by atoms with Crippen molar-refractivity contribution in [2.75, 3.05) is 25.5 Å². The van der Waals surface area contributed by atoms with Gasteiger partial charge in [-0.25, -0.2) is 8.42 Å². The number of halogens is 1. The summed E-state index contributed by atoms with van der Waals surface area (Å²) in [4.78, 5) is 13.1. The zero-order valence-corrected chi connectivity index (χ0v) is 18.3. The van der Waals surface area contributed by atoms with Crippen LogP contribution in [0, 0.1) is 19.8 Å². The first kappa shape index (κ1) is 21.6. The number of amides is 1. The Morgan fingerprint density at radius 3 is 2.55 bits per heavy atom. The van der Waals surface area contributed by atoms with Crippen LogP contribution in [0.3, 0.4) is 0 Å². The highest BCUT2D eigenvalue weighted by atomic mass is 35.5. The molecule has 0 aliphatic carbocycles. The second kappa shape index (κ2) is 8.73. The van der Waals surface area contributed by atoms with E-state index in [-0.39, 0.29) is 17.3 Å². The fourth-order valence-electron chi connectivity index (χ4n) is 3.40. The summed E-state index contributed by atoms with van der Waals surface area (Å²) in [6.07, 6.45) is 1.25. The second-order valence-electron chi connectivity index (χ2n) is 7.31. The number of sulfonamides is 1. The summed E-state index contributed by atoms with van der Waals surface area (Å²) >= 11 is 6.12. The van der Waals surface area contributed by atoms with Gasteiger partial charge in [-0.3, -0.25) is 4.79 Å². The molecule has 156 valence electrons. The lowest BCUT2D eigenvalue weighted by Crippen LogP contribution is -2.43. The number of ether oxygens (including phenoxy) is 1. The highest BCUT2D eigenvalue weighted by Crippen LogP contribution is 2.32. The van der Waals surface area contributed by atoms with Crippen LogP contribution in [-0.2, 0) is 14.8 Å². The van der Waals surface area contributed by atoms with E-state index in [9.17, 15) is 13.2 Å². The summed E-state index contributed by atoms with van der Waals surface area (Å²) in [5, 5.41) is 3.42. The van der Waals surface area contributed by atoms with Crippen molar-refractivity contribution in [3.8, 4) is 5.75 Å². The van der Waals surface area contributed by atoms with Gasteiger partial charge < -0.3 is 10.1 Å². The summed E-state index contributed by atoms with van der Waals surface area (Å²) in [7, 11) is -2.12. The third kappa shape index (κ3) is 4.74. The molecule has 1 atom stereocenters. The number of benzene rings is 2. The smallest absolute Gasteiger partial charge is 0.243 e. The minimum absolute atomic E-state index is 0.150. The highest BCUT2D eigenvalue weighted by molar-refractivity contribution is 7.89. The van der Waals surface area contributed by atoms with E-state index in [0.717, 1.165) is 11.1 Å². The van der Waals surface area contributed by atoms with Crippen LogP contribution in [0.2, 0.25) is 5.02 Å². The SMILES string of the molecule is COc1cc(Cl)c(C)cc1NC(=O)[C@H]1CCCN(S(=O)(=O)c2ccc(C)cc2)C1. The molecule has 0 aromatic heterocycles. The molecule has 1 aliphatic rings. The van der Waals surface area contributed by atoms with Gasteiger partial charge >= 0.3 is 0 Å². The molecule has 0 radical (unpaired) electrons. The van der Waals surface area contributed by atoms with Gasteiger partial charge in [0.25, 0.3) is 0 Å². The normalized spacial score (nSPS) is 17.7. The van der Waals surface area contributed by atoms with Gasteiger partial charge in [0.2, 0.25) is 15.9 Å². The quantitative estimate of drug-likeness (QED) is 0.768. The molecule has 3 rings (SSSR count). The van der Waals surface area contributed by atoms with Crippen LogP contribution in [0.1, 0.15) is 24.0 Å². The zero-order valence-electron chi connectivity index (χ0n) is 16.7. The summed E-state index contributed by atoms with van der Waals surface area (Å²) < 4.78 is 32.6. The first-order valence-electron chi connectivity index (χ1n) is 9.44. The summed E-state index contributed by atoms with van der Waals surface area (Å²) in [6, 6.07) is 10.2. The molecule has 0 bridgehead atoms.